The van der Waals surface area contributed by atoms with Crippen LogP contribution in [0.15, 0.2) is 18.7 Å². The van der Waals surface area contributed by atoms with E-state index in [1.165, 1.54) is 18.7 Å². The van der Waals surface area contributed by atoms with E-state index in [0.29, 0.717) is 5.96 Å². The molecule has 1 rings (SSSR count). The standard InChI is InChI=1S/C5H13N3.C4H4N2O2/c1-7(2)5(6)8(3)4;7-4(8)6-2-1-5-3-6/h6H,1-4H3;1-3H,(H,7,8). The summed E-state index contributed by atoms with van der Waals surface area (Å²) in [5.74, 6) is 0.519. The van der Waals surface area contributed by atoms with Crippen LogP contribution in [-0.2, 0) is 0 Å². The Morgan fingerprint density at radius 1 is 1.31 bits per heavy atom. The highest BCUT2D eigenvalue weighted by Gasteiger charge is 1.97. The Bertz CT molecular complexity index is 322. The molecule has 90 valence electrons. The van der Waals surface area contributed by atoms with Crippen molar-refractivity contribution in [3.63, 3.8) is 0 Å². The van der Waals surface area contributed by atoms with Gasteiger partial charge in [-0.15, -0.1) is 0 Å². The Labute approximate surface area is 94.4 Å². The number of guanidine groups is 1. The van der Waals surface area contributed by atoms with Gasteiger partial charge in [0.05, 0.1) is 0 Å². The minimum Gasteiger partial charge on any atom is -0.464 e. The second-order valence-corrected chi connectivity index (χ2v) is 3.36. The van der Waals surface area contributed by atoms with Crippen molar-refractivity contribution in [1.82, 2.24) is 19.4 Å². The maximum atomic E-state index is 9.98. The van der Waals surface area contributed by atoms with Crippen molar-refractivity contribution in [2.24, 2.45) is 0 Å². The third kappa shape index (κ3) is 4.99. The molecule has 1 heterocycles. The molecule has 7 nitrogen and oxygen atoms in total. The molecule has 0 saturated heterocycles. The molecule has 0 aliphatic rings. The fraction of sp³-hybridized carbons (Fsp3) is 0.444. The van der Waals surface area contributed by atoms with Crippen LogP contribution in [-0.4, -0.2) is 64.7 Å². The highest BCUT2D eigenvalue weighted by molar-refractivity contribution is 5.75. The number of carbonyl (C=O) groups is 1. The summed E-state index contributed by atoms with van der Waals surface area (Å²) < 4.78 is 0.972. The highest BCUT2D eigenvalue weighted by Crippen LogP contribution is 1.82. The molecule has 0 amide bonds. The van der Waals surface area contributed by atoms with E-state index in [0.717, 1.165) is 4.57 Å². The normalized spacial score (nSPS) is 8.75. The lowest BCUT2D eigenvalue weighted by Crippen LogP contribution is -2.34. The molecule has 7 heteroatoms. The van der Waals surface area contributed by atoms with E-state index in [-0.39, 0.29) is 0 Å². The Kier molecular flexibility index (Phi) is 5.61. The zero-order valence-electron chi connectivity index (χ0n) is 9.88. The largest absolute Gasteiger partial charge is 0.464 e. The summed E-state index contributed by atoms with van der Waals surface area (Å²) in [7, 11) is 7.40. The Hall–Kier alpha value is -2.05. The van der Waals surface area contributed by atoms with Gasteiger partial charge in [-0.2, -0.15) is 0 Å². The quantitative estimate of drug-likeness (QED) is 0.496. The maximum Gasteiger partial charge on any atom is 0.416 e. The van der Waals surface area contributed by atoms with E-state index in [1.54, 1.807) is 9.80 Å². The van der Waals surface area contributed by atoms with Crippen LogP contribution in [0.5, 0.6) is 0 Å². The number of hydrogen-bond acceptors (Lipinski definition) is 3. The van der Waals surface area contributed by atoms with Crippen molar-refractivity contribution in [3.05, 3.63) is 18.7 Å². The van der Waals surface area contributed by atoms with Crippen LogP contribution in [0.4, 0.5) is 4.79 Å². The van der Waals surface area contributed by atoms with Gasteiger partial charge in [-0.25, -0.2) is 14.3 Å². The molecular weight excluding hydrogens is 210 g/mol. The summed E-state index contributed by atoms with van der Waals surface area (Å²) in [6, 6.07) is 0. The van der Waals surface area contributed by atoms with E-state index in [4.69, 9.17) is 10.5 Å². The van der Waals surface area contributed by atoms with Gasteiger partial charge in [-0.1, -0.05) is 0 Å². The van der Waals surface area contributed by atoms with Gasteiger partial charge in [0.2, 0.25) is 0 Å². The minimum atomic E-state index is -1.01. The molecule has 16 heavy (non-hydrogen) atoms. The molecule has 0 bridgehead atoms. The van der Waals surface area contributed by atoms with Crippen LogP contribution < -0.4 is 0 Å². The highest BCUT2D eigenvalue weighted by atomic mass is 16.4. The first-order valence-corrected chi connectivity index (χ1v) is 4.50. The first kappa shape index (κ1) is 13.9. The molecule has 0 atom stereocenters. The number of rotatable bonds is 0. The van der Waals surface area contributed by atoms with Gasteiger partial charge in [-0.05, 0) is 0 Å². The number of nitrogens with zero attached hydrogens (tertiary/aromatic N) is 4. The van der Waals surface area contributed by atoms with Crippen molar-refractivity contribution < 1.29 is 9.90 Å². The zero-order chi connectivity index (χ0) is 12.7. The molecule has 2 N–H and O–H groups in total. The van der Waals surface area contributed by atoms with Crippen LogP contribution in [0.3, 0.4) is 0 Å². The monoisotopic (exact) mass is 227 g/mol. The van der Waals surface area contributed by atoms with E-state index in [9.17, 15) is 4.79 Å². The number of aromatic nitrogens is 2. The van der Waals surface area contributed by atoms with Gasteiger partial charge >= 0.3 is 6.09 Å². The van der Waals surface area contributed by atoms with Gasteiger partial charge in [0.1, 0.15) is 6.33 Å². The van der Waals surface area contributed by atoms with Gasteiger partial charge in [0.25, 0.3) is 0 Å². The van der Waals surface area contributed by atoms with Crippen molar-refractivity contribution in [3.8, 4) is 0 Å². The van der Waals surface area contributed by atoms with Gasteiger partial charge in [0.15, 0.2) is 5.96 Å². The molecule has 0 fully saturated rings. The Morgan fingerprint density at radius 2 is 1.81 bits per heavy atom. The Morgan fingerprint density at radius 3 is 1.94 bits per heavy atom. The van der Waals surface area contributed by atoms with Crippen molar-refractivity contribution in [2.45, 2.75) is 0 Å². The van der Waals surface area contributed by atoms with Crippen LogP contribution in [0.1, 0.15) is 0 Å². The third-order valence-electron chi connectivity index (χ3n) is 1.57. The fourth-order valence-corrected chi connectivity index (χ4v) is 0.772. The lowest BCUT2D eigenvalue weighted by Gasteiger charge is -2.19. The molecule has 0 saturated carbocycles. The predicted octanol–water partition coefficient (Wildman–Crippen LogP) is 0.454. The minimum absolute atomic E-state index is 0.519. The number of carboxylic acid groups (broad SMARTS) is 1. The summed E-state index contributed by atoms with van der Waals surface area (Å²) in [6.07, 6.45) is 2.99. The third-order valence-corrected chi connectivity index (χ3v) is 1.57. The molecular formula is C9H17N5O2. The Balaban J connectivity index is 0.000000281. The SMILES string of the molecule is CN(C)C(=N)N(C)C.O=C(O)n1ccnc1. The van der Waals surface area contributed by atoms with E-state index >= 15 is 0 Å². The number of imidazole rings is 1. The second-order valence-electron chi connectivity index (χ2n) is 3.36. The van der Waals surface area contributed by atoms with Crippen LogP contribution in [0, 0.1) is 5.41 Å². The van der Waals surface area contributed by atoms with E-state index in [1.807, 2.05) is 28.2 Å². The lowest BCUT2D eigenvalue weighted by molar-refractivity contribution is 0.196. The fourth-order valence-electron chi connectivity index (χ4n) is 0.772. The summed E-state index contributed by atoms with van der Waals surface area (Å²) in [4.78, 5) is 17.0. The lowest BCUT2D eigenvalue weighted by atomic mass is 10.7. The summed E-state index contributed by atoms with van der Waals surface area (Å²) in [6.45, 7) is 0. The molecule has 0 aliphatic carbocycles. The van der Waals surface area contributed by atoms with Gasteiger partial charge < -0.3 is 14.9 Å². The second kappa shape index (κ2) is 6.44. The maximum absolute atomic E-state index is 9.98. The first-order valence-electron chi connectivity index (χ1n) is 4.50. The van der Waals surface area contributed by atoms with E-state index in [2.05, 4.69) is 4.98 Å². The van der Waals surface area contributed by atoms with Crippen LogP contribution in [0.25, 0.3) is 0 Å². The molecule has 0 aromatic carbocycles. The smallest absolute Gasteiger partial charge is 0.416 e. The number of hydrogen-bond donors (Lipinski definition) is 2. The molecule has 0 radical (unpaired) electrons. The zero-order valence-corrected chi connectivity index (χ0v) is 9.88. The number of nitrogens with one attached hydrogen (secondary N) is 1. The van der Waals surface area contributed by atoms with Crippen molar-refractivity contribution in [1.29, 1.82) is 5.41 Å². The average Bonchev–Trinajstić information content (AvgIpc) is 2.70. The molecule has 0 aliphatic heterocycles. The van der Waals surface area contributed by atoms with Crippen molar-refractivity contribution in [2.75, 3.05) is 28.2 Å². The molecule has 1 aromatic heterocycles. The van der Waals surface area contributed by atoms with Crippen LogP contribution in [0.2, 0.25) is 0 Å². The summed E-state index contributed by atoms with van der Waals surface area (Å²) >= 11 is 0. The molecule has 1 aromatic rings. The van der Waals surface area contributed by atoms with E-state index < -0.39 is 6.09 Å². The van der Waals surface area contributed by atoms with Gasteiger partial charge in [0, 0.05) is 40.6 Å². The molecule has 0 spiro atoms. The predicted molar refractivity (Wildman–Crippen MR) is 60.8 cm³/mol. The molecule has 0 unspecified atom stereocenters. The average molecular weight is 227 g/mol. The topological polar surface area (TPSA) is 85.5 Å². The summed E-state index contributed by atoms with van der Waals surface area (Å²) in [5.41, 5.74) is 0. The van der Waals surface area contributed by atoms with Crippen LogP contribution >= 0.6 is 0 Å². The first-order chi connectivity index (χ1) is 7.36. The summed E-state index contributed by atoms with van der Waals surface area (Å²) in [5, 5.41) is 15.4. The van der Waals surface area contributed by atoms with Crippen molar-refractivity contribution >= 4 is 12.1 Å². The van der Waals surface area contributed by atoms with Gasteiger partial charge in [-0.3, -0.25) is 5.41 Å².